The second kappa shape index (κ2) is 4.56. The molecule has 1 N–H and O–H groups in total. The fourth-order valence-corrected chi connectivity index (χ4v) is 1.02. The third-order valence-electron chi connectivity index (χ3n) is 2.99. The Morgan fingerprint density at radius 3 is 2.06 bits per heavy atom. The molecule has 0 aliphatic heterocycles. The molecular weight excluding hydrogens is 206 g/mol. The number of aliphatic hydroxyl groups is 1. The molecule has 88 valence electrons. The van der Waals surface area contributed by atoms with Crippen molar-refractivity contribution in [2.45, 2.75) is 38.9 Å². The van der Waals surface area contributed by atoms with E-state index in [-0.39, 0.29) is 5.82 Å². The number of hydrogen-bond donors (Lipinski definition) is 1. The Morgan fingerprint density at radius 1 is 1.12 bits per heavy atom. The number of rotatable bonds is 4. The lowest BCUT2D eigenvalue weighted by Crippen LogP contribution is -2.49. The Kier molecular flexibility index (Phi) is 3.76. The summed E-state index contributed by atoms with van der Waals surface area (Å²) in [4.78, 5) is 0. The van der Waals surface area contributed by atoms with Gasteiger partial charge in [0.15, 0.2) is 0 Å². The van der Waals surface area contributed by atoms with Crippen molar-refractivity contribution in [1.82, 2.24) is 0 Å². The quantitative estimate of drug-likeness (QED) is 0.782. The van der Waals surface area contributed by atoms with Crippen LogP contribution in [0.3, 0.4) is 0 Å². The highest BCUT2D eigenvalue weighted by Gasteiger charge is 2.35. The fourth-order valence-electron chi connectivity index (χ4n) is 1.02. The summed E-state index contributed by atoms with van der Waals surface area (Å²) in [6, 6.07) is 6.15. The predicted octanol–water partition coefficient (Wildman–Crippen LogP) is 1.37. The predicted molar refractivity (Wildman–Crippen MR) is 64.6 cm³/mol. The Morgan fingerprint density at radius 2 is 1.62 bits per heavy atom. The van der Waals surface area contributed by atoms with Crippen LogP contribution in [0.25, 0.3) is 0 Å². The van der Waals surface area contributed by atoms with Crippen LogP contribution in [0.4, 0.5) is 4.39 Å². The van der Waals surface area contributed by atoms with E-state index in [0.717, 1.165) is 5.46 Å². The maximum Gasteiger partial charge on any atom is 0.309 e. The summed E-state index contributed by atoms with van der Waals surface area (Å²) >= 11 is 0. The highest BCUT2D eigenvalue weighted by Crippen LogP contribution is 2.24. The summed E-state index contributed by atoms with van der Waals surface area (Å²) in [5.74, 6) is -0.259. The summed E-state index contributed by atoms with van der Waals surface area (Å²) in [6.07, 6.45) is 0. The molecule has 0 saturated carbocycles. The Labute approximate surface area is 96.7 Å². The van der Waals surface area contributed by atoms with E-state index in [1.165, 1.54) is 12.1 Å². The van der Waals surface area contributed by atoms with Crippen molar-refractivity contribution in [3.05, 3.63) is 30.1 Å². The van der Waals surface area contributed by atoms with Crippen molar-refractivity contribution in [3.8, 4) is 0 Å². The van der Waals surface area contributed by atoms with Crippen molar-refractivity contribution in [2.24, 2.45) is 0 Å². The third-order valence-corrected chi connectivity index (χ3v) is 2.99. The van der Waals surface area contributed by atoms with Crippen LogP contribution >= 0.6 is 0 Å². The SMILES string of the molecule is CC(C)(O)C(C)(C)OBc1ccc(F)cc1. The summed E-state index contributed by atoms with van der Waals surface area (Å²) in [6.45, 7) is 7.07. The zero-order chi connectivity index (χ0) is 12.4. The topological polar surface area (TPSA) is 29.5 Å². The van der Waals surface area contributed by atoms with E-state index in [2.05, 4.69) is 0 Å². The maximum absolute atomic E-state index is 12.7. The number of benzene rings is 1. The molecule has 4 heteroatoms. The van der Waals surface area contributed by atoms with Gasteiger partial charge >= 0.3 is 7.48 Å². The zero-order valence-corrected chi connectivity index (χ0v) is 10.2. The van der Waals surface area contributed by atoms with Gasteiger partial charge in [-0.25, -0.2) is 4.39 Å². The highest BCUT2D eigenvalue weighted by molar-refractivity contribution is 6.47. The van der Waals surface area contributed by atoms with Crippen molar-refractivity contribution in [3.63, 3.8) is 0 Å². The zero-order valence-electron chi connectivity index (χ0n) is 10.2. The van der Waals surface area contributed by atoms with Crippen LogP contribution in [0.15, 0.2) is 24.3 Å². The summed E-state index contributed by atoms with van der Waals surface area (Å²) in [5, 5.41) is 9.88. The molecule has 0 heterocycles. The Bertz CT molecular complexity index is 341. The largest absolute Gasteiger partial charge is 0.427 e. The van der Waals surface area contributed by atoms with Gasteiger partial charge in [-0.15, -0.1) is 0 Å². The van der Waals surface area contributed by atoms with E-state index in [1.54, 1.807) is 26.0 Å². The Balaban J connectivity index is 2.61. The second-order valence-corrected chi connectivity index (χ2v) is 4.98. The molecule has 0 spiro atoms. The van der Waals surface area contributed by atoms with Crippen LogP contribution in [0.2, 0.25) is 0 Å². The van der Waals surface area contributed by atoms with Gasteiger partial charge in [0, 0.05) is 0 Å². The standard InChI is InChI=1S/C12H18BFO2/c1-11(2,15)12(3,4)16-13-9-5-7-10(14)8-6-9/h5-8,13,15H,1-4H3. The monoisotopic (exact) mass is 224 g/mol. The van der Waals surface area contributed by atoms with E-state index in [4.69, 9.17) is 4.65 Å². The molecule has 0 aliphatic carbocycles. The van der Waals surface area contributed by atoms with Gasteiger partial charge in [0.25, 0.3) is 0 Å². The number of halogens is 1. The third kappa shape index (κ3) is 3.32. The van der Waals surface area contributed by atoms with E-state index < -0.39 is 11.2 Å². The minimum Gasteiger partial charge on any atom is -0.427 e. The lowest BCUT2D eigenvalue weighted by Gasteiger charge is -2.37. The average molecular weight is 224 g/mol. The lowest BCUT2D eigenvalue weighted by atomic mass is 9.83. The van der Waals surface area contributed by atoms with Crippen LogP contribution in [0.1, 0.15) is 27.7 Å². The first kappa shape index (κ1) is 13.2. The van der Waals surface area contributed by atoms with Crippen LogP contribution in [0.5, 0.6) is 0 Å². The van der Waals surface area contributed by atoms with Crippen molar-refractivity contribution in [1.29, 1.82) is 0 Å². The first-order valence-electron chi connectivity index (χ1n) is 5.33. The van der Waals surface area contributed by atoms with Gasteiger partial charge in [-0.1, -0.05) is 17.6 Å². The summed E-state index contributed by atoms with van der Waals surface area (Å²) in [5.41, 5.74) is -0.687. The molecule has 0 aromatic heterocycles. The van der Waals surface area contributed by atoms with Gasteiger partial charge in [0.05, 0.1) is 11.2 Å². The minimum atomic E-state index is -0.924. The van der Waals surface area contributed by atoms with E-state index >= 15 is 0 Å². The van der Waals surface area contributed by atoms with Gasteiger partial charge in [-0.2, -0.15) is 0 Å². The molecule has 0 atom stereocenters. The van der Waals surface area contributed by atoms with Crippen LogP contribution < -0.4 is 5.46 Å². The summed E-state index contributed by atoms with van der Waals surface area (Å²) < 4.78 is 18.3. The highest BCUT2D eigenvalue weighted by atomic mass is 19.1. The normalized spacial score (nSPS) is 12.6. The fraction of sp³-hybridized carbons (Fsp3) is 0.500. The van der Waals surface area contributed by atoms with Gasteiger partial charge in [0.2, 0.25) is 0 Å². The van der Waals surface area contributed by atoms with Crippen LogP contribution in [-0.4, -0.2) is 23.8 Å². The molecule has 0 unspecified atom stereocenters. The number of hydrogen-bond acceptors (Lipinski definition) is 2. The van der Waals surface area contributed by atoms with E-state index in [0.29, 0.717) is 7.48 Å². The molecule has 0 fully saturated rings. The van der Waals surface area contributed by atoms with E-state index in [1.807, 2.05) is 13.8 Å². The molecule has 1 aromatic rings. The second-order valence-electron chi connectivity index (χ2n) is 4.98. The van der Waals surface area contributed by atoms with Crippen LogP contribution in [0, 0.1) is 5.82 Å². The average Bonchev–Trinajstić information content (AvgIpc) is 2.15. The molecule has 0 amide bonds. The first-order chi connectivity index (χ1) is 7.22. The van der Waals surface area contributed by atoms with E-state index in [9.17, 15) is 9.50 Å². The molecule has 16 heavy (non-hydrogen) atoms. The molecule has 0 aliphatic rings. The van der Waals surface area contributed by atoms with Crippen molar-refractivity contribution < 1.29 is 14.2 Å². The molecule has 0 bridgehead atoms. The minimum absolute atomic E-state index is 0.259. The van der Waals surface area contributed by atoms with Gasteiger partial charge in [-0.3, -0.25) is 0 Å². The lowest BCUT2D eigenvalue weighted by molar-refractivity contribution is -0.0893. The van der Waals surface area contributed by atoms with Crippen molar-refractivity contribution >= 4 is 12.9 Å². The maximum atomic E-state index is 12.7. The summed E-state index contributed by atoms with van der Waals surface area (Å²) in [7, 11) is 0.358. The van der Waals surface area contributed by atoms with Crippen LogP contribution in [-0.2, 0) is 4.65 Å². The van der Waals surface area contributed by atoms with Crippen molar-refractivity contribution in [2.75, 3.05) is 0 Å². The molecule has 1 rings (SSSR count). The Hall–Kier alpha value is -0.865. The molecular formula is C12H18BFO2. The van der Waals surface area contributed by atoms with Gasteiger partial charge in [0.1, 0.15) is 5.82 Å². The molecule has 0 saturated heterocycles. The smallest absolute Gasteiger partial charge is 0.309 e. The van der Waals surface area contributed by atoms with Gasteiger partial charge in [-0.05, 0) is 39.8 Å². The molecule has 1 aromatic carbocycles. The molecule has 0 radical (unpaired) electrons. The molecule has 2 nitrogen and oxygen atoms in total. The first-order valence-corrected chi connectivity index (χ1v) is 5.33. The van der Waals surface area contributed by atoms with Gasteiger partial charge < -0.3 is 9.76 Å².